The lowest BCUT2D eigenvalue weighted by Crippen LogP contribution is -2.54. The lowest BCUT2D eigenvalue weighted by molar-refractivity contribution is -0.140. The topological polar surface area (TPSA) is 95.0 Å². The van der Waals surface area contributed by atoms with Crippen LogP contribution in [0.15, 0.2) is 0 Å². The number of aliphatic hydroxyl groups excluding tert-OH is 1. The van der Waals surface area contributed by atoms with Gasteiger partial charge in [0.05, 0.1) is 12.7 Å². The molecule has 0 radical (unpaired) electrons. The monoisotopic (exact) mass is 227 g/mol. The second kappa shape index (κ2) is 5.75. The normalized spacial score (nSPS) is 29.3. The van der Waals surface area contributed by atoms with Crippen LogP contribution in [-0.4, -0.2) is 46.4 Å². The van der Waals surface area contributed by atoms with E-state index in [0.29, 0.717) is 12.8 Å². The van der Waals surface area contributed by atoms with E-state index in [1.807, 2.05) is 6.92 Å². The van der Waals surface area contributed by atoms with Gasteiger partial charge in [-0.2, -0.15) is 4.79 Å². The Morgan fingerprint density at radius 1 is 1.62 bits per heavy atom. The lowest BCUT2D eigenvalue weighted by atomic mass is 9.94. The van der Waals surface area contributed by atoms with E-state index >= 15 is 0 Å². The number of carbonyl (C=O) groups is 1. The van der Waals surface area contributed by atoms with Gasteiger partial charge in [0.1, 0.15) is 6.04 Å². The van der Waals surface area contributed by atoms with Gasteiger partial charge in [-0.25, -0.2) is 4.79 Å². The van der Waals surface area contributed by atoms with Crippen molar-refractivity contribution >= 4 is 11.7 Å². The predicted molar refractivity (Wildman–Crippen MR) is 56.9 cm³/mol. The summed E-state index contributed by atoms with van der Waals surface area (Å²) in [5, 5.41) is 12.5. The molecule has 0 aromatic carbocycles. The first-order valence-electron chi connectivity index (χ1n) is 5.43. The van der Waals surface area contributed by atoms with E-state index in [4.69, 9.17) is 10.3 Å². The summed E-state index contributed by atoms with van der Waals surface area (Å²) in [4.78, 5) is 14.4. The molecule has 90 valence electrons. The first-order valence-corrected chi connectivity index (χ1v) is 5.43. The third-order valence-electron chi connectivity index (χ3n) is 2.71. The van der Waals surface area contributed by atoms with Crippen molar-refractivity contribution in [1.29, 1.82) is 0 Å². The zero-order chi connectivity index (χ0) is 12.1. The number of nitrogens with zero attached hydrogens (tertiary/aromatic N) is 2. The number of carbonyl (C=O) groups excluding carboxylic acids is 1. The van der Waals surface area contributed by atoms with Crippen molar-refractivity contribution in [3.63, 3.8) is 0 Å². The van der Waals surface area contributed by atoms with Gasteiger partial charge in [0.15, 0.2) is 0 Å². The summed E-state index contributed by atoms with van der Waals surface area (Å²) in [7, 11) is 0. The van der Waals surface area contributed by atoms with Gasteiger partial charge in [-0.1, -0.05) is 0 Å². The van der Waals surface area contributed by atoms with Crippen LogP contribution in [-0.2, 0) is 9.53 Å². The van der Waals surface area contributed by atoms with E-state index < -0.39 is 12.1 Å². The van der Waals surface area contributed by atoms with E-state index in [1.165, 1.54) is 0 Å². The van der Waals surface area contributed by atoms with Crippen molar-refractivity contribution in [2.75, 3.05) is 6.61 Å². The minimum Gasteiger partial charge on any atom is -0.457 e. The molecule has 1 saturated heterocycles. The molecule has 1 rings (SSSR count). The van der Waals surface area contributed by atoms with Gasteiger partial charge in [-0.05, 0) is 26.7 Å². The van der Waals surface area contributed by atoms with Crippen LogP contribution in [0.3, 0.4) is 0 Å². The molecule has 0 spiro atoms. The maximum absolute atomic E-state index is 11.4. The summed E-state index contributed by atoms with van der Waals surface area (Å²) in [5.41, 5.74) is 8.78. The Kier molecular flexibility index (Phi) is 4.61. The van der Waals surface area contributed by atoms with Gasteiger partial charge in [-0.15, -0.1) is 0 Å². The van der Waals surface area contributed by atoms with E-state index in [9.17, 15) is 9.90 Å². The SMILES string of the molecule is CCOC(=O)C(=[N+]=[N-])C1CC[C@H](O)[C@H](C)N1. The minimum absolute atomic E-state index is 0.0272. The number of piperidine rings is 1. The fourth-order valence-electron chi connectivity index (χ4n) is 1.77. The molecule has 6 nitrogen and oxygen atoms in total. The average Bonchev–Trinajstić information content (AvgIpc) is 2.25. The summed E-state index contributed by atoms with van der Waals surface area (Å²) in [6.45, 7) is 3.74. The highest BCUT2D eigenvalue weighted by molar-refractivity contribution is 6.36. The molecular formula is C10H17N3O3. The Bertz CT molecular complexity index is 312. The summed E-state index contributed by atoms with van der Waals surface area (Å²) in [6, 6.07) is -0.493. The molecule has 0 aliphatic carbocycles. The van der Waals surface area contributed by atoms with Crippen LogP contribution in [0.5, 0.6) is 0 Å². The molecule has 1 fully saturated rings. The first-order chi connectivity index (χ1) is 7.60. The molecule has 0 amide bonds. The second-order valence-electron chi connectivity index (χ2n) is 3.86. The maximum Gasteiger partial charge on any atom is 0.418 e. The zero-order valence-corrected chi connectivity index (χ0v) is 9.51. The van der Waals surface area contributed by atoms with Crippen molar-refractivity contribution in [3.8, 4) is 0 Å². The van der Waals surface area contributed by atoms with Gasteiger partial charge in [0.25, 0.3) is 0 Å². The molecule has 0 aromatic heterocycles. The number of hydrogen-bond acceptors (Lipinski definition) is 4. The number of ether oxygens (including phenoxy) is 1. The highest BCUT2D eigenvalue weighted by atomic mass is 16.5. The summed E-state index contributed by atoms with van der Waals surface area (Å²) in [6.07, 6.45) is 0.680. The quantitative estimate of drug-likeness (QED) is 0.300. The number of rotatable bonds is 3. The number of nitrogens with one attached hydrogen (secondary N) is 1. The molecule has 2 N–H and O–H groups in total. The van der Waals surface area contributed by atoms with E-state index in [2.05, 4.69) is 10.1 Å². The molecule has 0 bridgehead atoms. The van der Waals surface area contributed by atoms with Gasteiger partial charge < -0.3 is 15.4 Å². The number of aliphatic hydroxyl groups is 1. The van der Waals surface area contributed by atoms with Crippen molar-refractivity contribution < 1.29 is 19.4 Å². The molecule has 0 saturated carbocycles. The van der Waals surface area contributed by atoms with Gasteiger partial charge >= 0.3 is 11.7 Å². The smallest absolute Gasteiger partial charge is 0.418 e. The van der Waals surface area contributed by atoms with Crippen LogP contribution in [0, 0.1) is 0 Å². The average molecular weight is 227 g/mol. The predicted octanol–water partition coefficient (Wildman–Crippen LogP) is -0.278. The fourth-order valence-corrected chi connectivity index (χ4v) is 1.77. The molecule has 0 aromatic rings. The van der Waals surface area contributed by atoms with Crippen molar-refractivity contribution in [2.24, 2.45) is 0 Å². The summed E-state index contributed by atoms with van der Waals surface area (Å²) >= 11 is 0. The van der Waals surface area contributed by atoms with Crippen molar-refractivity contribution in [2.45, 2.75) is 44.9 Å². The summed E-state index contributed by atoms with van der Waals surface area (Å²) < 4.78 is 4.78. The van der Waals surface area contributed by atoms with Crippen LogP contribution < -0.4 is 5.32 Å². The highest BCUT2D eigenvalue weighted by Gasteiger charge is 2.37. The van der Waals surface area contributed by atoms with E-state index in [-0.39, 0.29) is 24.4 Å². The van der Waals surface area contributed by atoms with Gasteiger partial charge in [0, 0.05) is 6.04 Å². The molecule has 1 aliphatic rings. The molecule has 1 heterocycles. The Hall–Kier alpha value is -1.23. The lowest BCUT2D eigenvalue weighted by Gasteiger charge is -2.29. The second-order valence-corrected chi connectivity index (χ2v) is 3.86. The van der Waals surface area contributed by atoms with Crippen LogP contribution in [0.2, 0.25) is 0 Å². The van der Waals surface area contributed by atoms with E-state index in [1.54, 1.807) is 6.92 Å². The van der Waals surface area contributed by atoms with Crippen LogP contribution >= 0.6 is 0 Å². The van der Waals surface area contributed by atoms with Crippen molar-refractivity contribution in [3.05, 3.63) is 5.53 Å². The number of esters is 1. The van der Waals surface area contributed by atoms with Crippen LogP contribution in [0.25, 0.3) is 5.53 Å². The Labute approximate surface area is 94.2 Å². The summed E-state index contributed by atoms with van der Waals surface area (Å²) in [5.74, 6) is -0.619. The molecule has 6 heteroatoms. The fraction of sp³-hybridized carbons (Fsp3) is 0.800. The van der Waals surface area contributed by atoms with Gasteiger partial charge in [-0.3, -0.25) is 5.32 Å². The maximum atomic E-state index is 11.4. The number of hydrogen-bond donors (Lipinski definition) is 2. The Morgan fingerprint density at radius 2 is 2.31 bits per heavy atom. The largest absolute Gasteiger partial charge is 0.457 e. The van der Waals surface area contributed by atoms with Crippen LogP contribution in [0.4, 0.5) is 0 Å². The molecule has 1 unspecified atom stereocenters. The molecule has 16 heavy (non-hydrogen) atoms. The van der Waals surface area contributed by atoms with E-state index in [0.717, 1.165) is 0 Å². The highest BCUT2D eigenvalue weighted by Crippen LogP contribution is 2.14. The first kappa shape index (κ1) is 12.8. The van der Waals surface area contributed by atoms with Crippen molar-refractivity contribution in [1.82, 2.24) is 5.32 Å². The van der Waals surface area contributed by atoms with Crippen LogP contribution in [0.1, 0.15) is 26.7 Å². The molecular weight excluding hydrogens is 210 g/mol. The molecule has 3 atom stereocenters. The Balaban J connectivity index is 2.69. The standard InChI is InChI=1S/C10H17N3O3/c1-3-16-10(15)9(13-11)7-4-5-8(14)6(2)12-7/h6-8,12,14H,3-5H2,1-2H3/t6-,7?,8-/m0/s1. The third-order valence-corrected chi connectivity index (χ3v) is 2.71. The Morgan fingerprint density at radius 3 is 2.81 bits per heavy atom. The zero-order valence-electron chi connectivity index (χ0n) is 9.51. The minimum atomic E-state index is -0.619. The third kappa shape index (κ3) is 2.88. The van der Waals surface area contributed by atoms with Gasteiger partial charge in [0.2, 0.25) is 0 Å². The molecule has 1 aliphatic heterocycles.